The molecule has 0 amide bonds. The minimum Gasteiger partial charge on any atom is -0.393 e. The van der Waals surface area contributed by atoms with Crippen molar-refractivity contribution in [3.8, 4) is 0 Å². The van der Waals surface area contributed by atoms with Gasteiger partial charge in [0.2, 0.25) is 0 Å². The molecule has 4 nitrogen and oxygen atoms in total. The van der Waals surface area contributed by atoms with E-state index in [4.69, 9.17) is 16.2 Å². The second-order valence-corrected chi connectivity index (χ2v) is 3.25. The number of rotatable bonds is 5. The number of hydrogen-bond donors (Lipinski definition) is 3. The number of aliphatic hydroxyl groups excluding tert-OH is 1. The first kappa shape index (κ1) is 11.4. The molecule has 12 heavy (non-hydrogen) atoms. The van der Waals surface area contributed by atoms with E-state index < -0.39 is 0 Å². The van der Waals surface area contributed by atoms with E-state index in [1.165, 1.54) is 0 Å². The van der Waals surface area contributed by atoms with Crippen LogP contribution in [0.2, 0.25) is 0 Å². The standard InChI is InChI=1S/C8H19N3O/c1-6(12)4-5-11(3)7(2)8(9)10/h6-7,12H,4-5H2,1-3H3,(H3,9,10). The van der Waals surface area contributed by atoms with Crippen LogP contribution in [0.4, 0.5) is 0 Å². The molecule has 2 atom stereocenters. The smallest absolute Gasteiger partial charge is 0.108 e. The van der Waals surface area contributed by atoms with Crippen molar-refractivity contribution < 1.29 is 5.11 Å². The average molecular weight is 173 g/mol. The summed E-state index contributed by atoms with van der Waals surface area (Å²) in [5.41, 5.74) is 5.32. The monoisotopic (exact) mass is 173 g/mol. The Morgan fingerprint density at radius 3 is 2.42 bits per heavy atom. The van der Waals surface area contributed by atoms with Gasteiger partial charge in [-0.15, -0.1) is 0 Å². The fourth-order valence-corrected chi connectivity index (χ4v) is 0.822. The Kier molecular flexibility index (Phi) is 4.85. The lowest BCUT2D eigenvalue weighted by Gasteiger charge is -2.23. The molecule has 0 rings (SSSR count). The fourth-order valence-electron chi connectivity index (χ4n) is 0.822. The predicted molar refractivity (Wildman–Crippen MR) is 50.3 cm³/mol. The third kappa shape index (κ3) is 4.31. The number of nitrogens with one attached hydrogen (secondary N) is 1. The van der Waals surface area contributed by atoms with Crippen LogP contribution in [-0.2, 0) is 0 Å². The molecule has 2 unspecified atom stereocenters. The molecule has 0 radical (unpaired) electrons. The van der Waals surface area contributed by atoms with Crippen LogP contribution in [0.1, 0.15) is 20.3 Å². The molecule has 72 valence electrons. The number of aliphatic hydroxyl groups is 1. The Balaban J connectivity index is 3.71. The highest BCUT2D eigenvalue weighted by Gasteiger charge is 2.11. The summed E-state index contributed by atoms with van der Waals surface area (Å²) in [6, 6.07) is -0.0382. The van der Waals surface area contributed by atoms with E-state index in [1.807, 2.05) is 18.9 Å². The largest absolute Gasteiger partial charge is 0.393 e. The predicted octanol–water partition coefficient (Wildman–Crippen LogP) is 0.0136. The van der Waals surface area contributed by atoms with Gasteiger partial charge in [-0.25, -0.2) is 0 Å². The summed E-state index contributed by atoms with van der Waals surface area (Å²) >= 11 is 0. The van der Waals surface area contributed by atoms with Crippen molar-refractivity contribution in [3.05, 3.63) is 0 Å². The van der Waals surface area contributed by atoms with E-state index in [9.17, 15) is 0 Å². The summed E-state index contributed by atoms with van der Waals surface area (Å²) in [5, 5.41) is 16.2. The molecule has 0 aliphatic heterocycles. The Hall–Kier alpha value is -0.610. The first-order chi connectivity index (χ1) is 5.45. The van der Waals surface area contributed by atoms with Gasteiger partial charge >= 0.3 is 0 Å². The van der Waals surface area contributed by atoms with Crippen molar-refractivity contribution in [1.29, 1.82) is 5.41 Å². The molecule has 0 saturated carbocycles. The minimum absolute atomic E-state index is 0.0382. The Morgan fingerprint density at radius 1 is 1.58 bits per heavy atom. The van der Waals surface area contributed by atoms with Crippen LogP contribution in [0.15, 0.2) is 0 Å². The molecule has 0 aromatic rings. The topological polar surface area (TPSA) is 73.3 Å². The van der Waals surface area contributed by atoms with Gasteiger partial charge in [0.1, 0.15) is 5.84 Å². The summed E-state index contributed by atoms with van der Waals surface area (Å²) in [6.45, 7) is 4.40. The summed E-state index contributed by atoms with van der Waals surface area (Å²) in [4.78, 5) is 1.95. The van der Waals surface area contributed by atoms with Crippen molar-refractivity contribution in [3.63, 3.8) is 0 Å². The van der Waals surface area contributed by atoms with E-state index in [1.54, 1.807) is 6.92 Å². The first-order valence-electron chi connectivity index (χ1n) is 4.17. The van der Waals surface area contributed by atoms with Crippen molar-refractivity contribution >= 4 is 5.84 Å². The van der Waals surface area contributed by atoms with Crippen LogP contribution in [0, 0.1) is 5.41 Å². The summed E-state index contributed by atoms with van der Waals surface area (Å²) in [5.74, 6) is 0.170. The summed E-state index contributed by atoms with van der Waals surface area (Å²) < 4.78 is 0. The van der Waals surface area contributed by atoms with Gasteiger partial charge in [-0.05, 0) is 27.3 Å². The lowest BCUT2D eigenvalue weighted by molar-refractivity contribution is 0.161. The number of amidine groups is 1. The highest BCUT2D eigenvalue weighted by molar-refractivity contribution is 5.82. The van der Waals surface area contributed by atoms with Crippen molar-refractivity contribution in [1.82, 2.24) is 4.90 Å². The number of likely N-dealkylation sites (N-methyl/N-ethyl adjacent to an activating group) is 1. The Bertz CT molecular complexity index is 147. The van der Waals surface area contributed by atoms with Crippen molar-refractivity contribution in [2.75, 3.05) is 13.6 Å². The van der Waals surface area contributed by atoms with Crippen LogP contribution >= 0.6 is 0 Å². The molecule has 0 aliphatic rings. The van der Waals surface area contributed by atoms with Crippen LogP contribution in [0.3, 0.4) is 0 Å². The molecule has 0 aromatic heterocycles. The zero-order valence-corrected chi connectivity index (χ0v) is 8.04. The van der Waals surface area contributed by atoms with Gasteiger partial charge in [-0.2, -0.15) is 0 Å². The molecule has 0 aliphatic carbocycles. The number of nitrogens with two attached hydrogens (primary N) is 1. The molecule has 0 bridgehead atoms. The molecular formula is C8H19N3O. The maximum Gasteiger partial charge on any atom is 0.108 e. The van der Waals surface area contributed by atoms with E-state index in [0.717, 1.165) is 6.54 Å². The molecule has 0 heterocycles. The molecular weight excluding hydrogens is 154 g/mol. The molecule has 0 spiro atoms. The maximum atomic E-state index is 9.01. The van der Waals surface area contributed by atoms with Gasteiger partial charge < -0.3 is 10.8 Å². The quantitative estimate of drug-likeness (QED) is 0.405. The van der Waals surface area contributed by atoms with Crippen LogP contribution < -0.4 is 5.73 Å². The van der Waals surface area contributed by atoms with Crippen LogP contribution in [0.25, 0.3) is 0 Å². The van der Waals surface area contributed by atoms with Gasteiger partial charge in [-0.1, -0.05) is 0 Å². The van der Waals surface area contributed by atoms with Gasteiger partial charge in [0.25, 0.3) is 0 Å². The van der Waals surface area contributed by atoms with E-state index >= 15 is 0 Å². The molecule has 4 N–H and O–H groups in total. The van der Waals surface area contributed by atoms with E-state index in [0.29, 0.717) is 6.42 Å². The molecule has 0 fully saturated rings. The summed E-state index contributed by atoms with van der Waals surface area (Å²) in [7, 11) is 1.90. The Labute approximate surface area is 73.9 Å². The molecule has 0 aromatic carbocycles. The van der Waals surface area contributed by atoms with Crippen LogP contribution in [0.5, 0.6) is 0 Å². The van der Waals surface area contributed by atoms with Crippen molar-refractivity contribution in [2.45, 2.75) is 32.4 Å². The van der Waals surface area contributed by atoms with Gasteiger partial charge in [-0.3, -0.25) is 10.3 Å². The lowest BCUT2D eigenvalue weighted by atomic mass is 10.2. The average Bonchev–Trinajstić information content (AvgIpc) is 1.98. The third-order valence-electron chi connectivity index (χ3n) is 2.01. The minimum atomic E-state index is -0.286. The lowest BCUT2D eigenvalue weighted by Crippen LogP contribution is -2.40. The van der Waals surface area contributed by atoms with Crippen molar-refractivity contribution in [2.24, 2.45) is 5.73 Å². The first-order valence-corrected chi connectivity index (χ1v) is 4.17. The second-order valence-electron chi connectivity index (χ2n) is 3.25. The highest BCUT2D eigenvalue weighted by Crippen LogP contribution is 1.98. The third-order valence-corrected chi connectivity index (χ3v) is 2.01. The normalized spacial score (nSPS) is 16.1. The van der Waals surface area contributed by atoms with E-state index in [2.05, 4.69) is 0 Å². The number of nitrogens with zero attached hydrogens (tertiary/aromatic N) is 1. The van der Waals surface area contributed by atoms with Crippen LogP contribution in [-0.4, -0.2) is 41.6 Å². The van der Waals surface area contributed by atoms with E-state index in [-0.39, 0.29) is 18.0 Å². The SMILES string of the molecule is CC(O)CCN(C)C(C)C(=N)N. The zero-order valence-electron chi connectivity index (χ0n) is 8.04. The Morgan fingerprint density at radius 2 is 2.08 bits per heavy atom. The molecule has 4 heteroatoms. The van der Waals surface area contributed by atoms with Gasteiger partial charge in [0.15, 0.2) is 0 Å². The van der Waals surface area contributed by atoms with Gasteiger partial charge in [0, 0.05) is 6.54 Å². The fraction of sp³-hybridized carbons (Fsp3) is 0.875. The highest BCUT2D eigenvalue weighted by atomic mass is 16.3. The summed E-state index contributed by atoms with van der Waals surface area (Å²) in [6.07, 6.45) is 0.431. The number of hydrogen-bond acceptors (Lipinski definition) is 3. The second kappa shape index (κ2) is 5.11. The zero-order chi connectivity index (χ0) is 9.72. The van der Waals surface area contributed by atoms with Gasteiger partial charge in [0.05, 0.1) is 12.1 Å². The maximum absolute atomic E-state index is 9.01. The molecule has 0 saturated heterocycles.